The van der Waals surface area contributed by atoms with Gasteiger partial charge in [0.15, 0.2) is 0 Å². The fraction of sp³-hybridized carbons (Fsp3) is 0.240. The molecule has 1 amide bonds. The van der Waals surface area contributed by atoms with Gasteiger partial charge >= 0.3 is 0 Å². The molecule has 0 saturated carbocycles. The van der Waals surface area contributed by atoms with Gasteiger partial charge < -0.3 is 14.8 Å². The molecule has 6 nitrogen and oxygen atoms in total. The molecule has 1 aliphatic carbocycles. The highest BCUT2D eigenvalue weighted by Crippen LogP contribution is 2.37. The van der Waals surface area contributed by atoms with Gasteiger partial charge in [0.1, 0.15) is 22.7 Å². The number of thiophene rings is 1. The number of rotatable bonds is 5. The Balaban J connectivity index is 1.60. The summed E-state index contributed by atoms with van der Waals surface area (Å²) in [6.45, 7) is 0. The second-order valence-corrected chi connectivity index (χ2v) is 8.97. The monoisotopic (exact) mass is 441 g/mol. The number of hydrogen-bond donors (Lipinski definition) is 1. The lowest BCUT2D eigenvalue weighted by atomic mass is 9.96. The molecule has 0 spiro atoms. The number of amides is 1. The zero-order chi connectivity index (χ0) is 22.7. The van der Waals surface area contributed by atoms with Crippen LogP contribution in [0.2, 0.25) is 0 Å². The molecule has 0 fully saturated rings. The fourth-order valence-electron chi connectivity index (χ4n) is 3.90. The summed E-state index contributed by atoms with van der Waals surface area (Å²) >= 11 is 1.45. The molecule has 160 valence electrons. The molecule has 0 aliphatic heterocycles. The van der Waals surface area contributed by atoms with Crippen LogP contribution in [-0.2, 0) is 17.6 Å². The van der Waals surface area contributed by atoms with E-state index in [0.717, 1.165) is 48.3 Å². The Hall–Kier alpha value is -3.81. The maximum atomic E-state index is 12.9. The van der Waals surface area contributed by atoms with Crippen LogP contribution in [0.3, 0.4) is 0 Å². The molecule has 0 radical (unpaired) electrons. The summed E-state index contributed by atoms with van der Waals surface area (Å²) < 4.78 is 1.93. The summed E-state index contributed by atoms with van der Waals surface area (Å²) in [6.07, 6.45) is 7.43. The van der Waals surface area contributed by atoms with E-state index in [9.17, 15) is 15.3 Å². The van der Waals surface area contributed by atoms with Gasteiger partial charge in [-0.2, -0.15) is 10.5 Å². The highest BCUT2D eigenvalue weighted by molar-refractivity contribution is 7.16. The fourth-order valence-corrected chi connectivity index (χ4v) is 5.13. The Morgan fingerprint density at radius 2 is 1.91 bits per heavy atom. The van der Waals surface area contributed by atoms with Gasteiger partial charge in [-0.3, -0.25) is 4.79 Å². The minimum Gasteiger partial charge on any atom is -0.378 e. The molecule has 0 saturated heterocycles. The number of nitrogens with zero attached hydrogens (tertiary/aromatic N) is 4. The van der Waals surface area contributed by atoms with Crippen LogP contribution in [0.15, 0.2) is 48.2 Å². The first kappa shape index (κ1) is 21.4. The number of nitrogens with one attached hydrogen (secondary N) is 1. The van der Waals surface area contributed by atoms with Crippen LogP contribution in [0, 0.1) is 22.7 Å². The van der Waals surface area contributed by atoms with Gasteiger partial charge in [-0.05, 0) is 73.7 Å². The molecule has 4 rings (SSSR count). The van der Waals surface area contributed by atoms with Crippen molar-refractivity contribution in [3.05, 3.63) is 69.9 Å². The summed E-state index contributed by atoms with van der Waals surface area (Å²) in [5, 5.41) is 22.6. The number of nitriles is 2. The van der Waals surface area contributed by atoms with Crippen molar-refractivity contribution in [2.45, 2.75) is 25.7 Å². The van der Waals surface area contributed by atoms with E-state index in [1.54, 1.807) is 6.08 Å². The van der Waals surface area contributed by atoms with Crippen LogP contribution >= 0.6 is 11.3 Å². The van der Waals surface area contributed by atoms with E-state index in [4.69, 9.17) is 0 Å². The minimum atomic E-state index is -0.502. The molecule has 0 bridgehead atoms. The average Bonchev–Trinajstić information content (AvgIpc) is 3.41. The Morgan fingerprint density at radius 3 is 2.59 bits per heavy atom. The first-order valence-corrected chi connectivity index (χ1v) is 11.3. The smallest absolute Gasteiger partial charge is 0.267 e. The molecule has 2 aromatic heterocycles. The predicted octanol–water partition coefficient (Wildman–Crippen LogP) is 4.90. The van der Waals surface area contributed by atoms with Crippen molar-refractivity contribution in [1.29, 1.82) is 10.5 Å². The van der Waals surface area contributed by atoms with Crippen LogP contribution in [0.5, 0.6) is 0 Å². The zero-order valence-electron chi connectivity index (χ0n) is 18.1. The van der Waals surface area contributed by atoms with E-state index in [1.807, 2.05) is 72.2 Å². The van der Waals surface area contributed by atoms with E-state index >= 15 is 0 Å². The number of benzene rings is 1. The van der Waals surface area contributed by atoms with Crippen molar-refractivity contribution in [2.75, 3.05) is 24.3 Å². The van der Waals surface area contributed by atoms with Gasteiger partial charge in [0.25, 0.3) is 5.91 Å². The number of carbonyl (C=O) groups excluding carboxylic acids is 1. The third-order valence-electron chi connectivity index (χ3n) is 5.59. The van der Waals surface area contributed by atoms with Crippen molar-refractivity contribution in [2.24, 2.45) is 0 Å². The lowest BCUT2D eigenvalue weighted by Gasteiger charge is -2.14. The summed E-state index contributed by atoms with van der Waals surface area (Å²) in [5.74, 6) is -0.502. The van der Waals surface area contributed by atoms with Crippen molar-refractivity contribution < 1.29 is 4.79 Å². The molecule has 1 aliphatic rings. The molecule has 0 unspecified atom stereocenters. The summed E-state index contributed by atoms with van der Waals surface area (Å²) in [7, 11) is 3.97. The van der Waals surface area contributed by atoms with Crippen LogP contribution < -0.4 is 10.2 Å². The van der Waals surface area contributed by atoms with Crippen LogP contribution in [0.1, 0.15) is 34.5 Å². The number of anilines is 2. The lowest BCUT2D eigenvalue weighted by molar-refractivity contribution is -0.112. The van der Waals surface area contributed by atoms with E-state index in [0.29, 0.717) is 10.6 Å². The van der Waals surface area contributed by atoms with Crippen LogP contribution in [0.4, 0.5) is 10.7 Å². The standard InChI is InChI=1S/C25H23N5OS/c1-29(2)18-9-11-19(12-10-18)30-13-5-6-20(30)14-17(15-26)24(31)28-25-22(16-27)21-7-3-4-8-23(21)32-25/h5-6,9-14H,3-4,7-8H2,1-2H3,(H,28,31)/b17-14+. The molecule has 7 heteroatoms. The van der Waals surface area contributed by atoms with Gasteiger partial charge in [-0.1, -0.05) is 0 Å². The predicted molar refractivity (Wildman–Crippen MR) is 128 cm³/mol. The molecular weight excluding hydrogens is 418 g/mol. The Morgan fingerprint density at radius 1 is 1.16 bits per heavy atom. The first-order valence-electron chi connectivity index (χ1n) is 10.4. The quantitative estimate of drug-likeness (QED) is 0.451. The maximum Gasteiger partial charge on any atom is 0.267 e. The topological polar surface area (TPSA) is 84.8 Å². The third-order valence-corrected chi connectivity index (χ3v) is 6.80. The third kappa shape index (κ3) is 4.16. The van der Waals surface area contributed by atoms with Crippen molar-refractivity contribution in [1.82, 2.24) is 4.57 Å². The molecular formula is C25H23N5OS. The van der Waals surface area contributed by atoms with E-state index in [2.05, 4.69) is 11.4 Å². The number of aromatic nitrogens is 1. The normalized spacial score (nSPS) is 13.1. The molecule has 3 aromatic rings. The molecule has 1 aromatic carbocycles. The minimum absolute atomic E-state index is 0.00914. The highest BCUT2D eigenvalue weighted by Gasteiger charge is 2.22. The first-order chi connectivity index (χ1) is 15.5. The summed E-state index contributed by atoms with van der Waals surface area (Å²) in [6, 6.07) is 16.0. The van der Waals surface area contributed by atoms with Gasteiger partial charge in [0.2, 0.25) is 0 Å². The van der Waals surface area contributed by atoms with Gasteiger partial charge in [0, 0.05) is 42.2 Å². The van der Waals surface area contributed by atoms with Gasteiger partial charge in [0.05, 0.1) is 5.56 Å². The zero-order valence-corrected chi connectivity index (χ0v) is 18.9. The van der Waals surface area contributed by atoms with E-state index < -0.39 is 5.91 Å². The summed E-state index contributed by atoms with van der Waals surface area (Å²) in [4.78, 5) is 16.1. The van der Waals surface area contributed by atoms with Crippen LogP contribution in [-0.4, -0.2) is 24.6 Å². The number of hydrogen-bond acceptors (Lipinski definition) is 5. The Bertz CT molecular complexity index is 1270. The van der Waals surface area contributed by atoms with Crippen molar-refractivity contribution in [3.8, 4) is 17.8 Å². The number of aryl methyl sites for hydroxylation is 1. The average molecular weight is 442 g/mol. The molecule has 1 N–H and O–H groups in total. The van der Waals surface area contributed by atoms with Crippen molar-refractivity contribution >= 4 is 34.0 Å². The van der Waals surface area contributed by atoms with Gasteiger partial charge in [-0.25, -0.2) is 0 Å². The molecule has 0 atom stereocenters. The van der Waals surface area contributed by atoms with Crippen molar-refractivity contribution in [3.63, 3.8) is 0 Å². The van der Waals surface area contributed by atoms with E-state index in [-0.39, 0.29) is 5.57 Å². The Labute approximate surface area is 191 Å². The number of carbonyl (C=O) groups is 1. The van der Waals surface area contributed by atoms with Crippen LogP contribution in [0.25, 0.3) is 11.8 Å². The summed E-state index contributed by atoms with van der Waals surface area (Å²) in [5.41, 5.74) is 4.32. The van der Waals surface area contributed by atoms with E-state index in [1.165, 1.54) is 16.2 Å². The molecule has 2 heterocycles. The van der Waals surface area contributed by atoms with Gasteiger partial charge in [-0.15, -0.1) is 11.3 Å². The second-order valence-electron chi connectivity index (χ2n) is 7.86. The Kier molecular flexibility index (Phi) is 6.11. The number of fused-ring (bicyclic) bond motifs is 1. The lowest BCUT2D eigenvalue weighted by Crippen LogP contribution is -2.13. The second kappa shape index (κ2) is 9.13. The maximum absolute atomic E-state index is 12.9. The molecule has 32 heavy (non-hydrogen) atoms. The SMILES string of the molecule is CN(C)c1ccc(-n2cccc2/C=C(\C#N)C(=O)Nc2sc3c(c2C#N)CCCC3)cc1. The largest absolute Gasteiger partial charge is 0.378 e. The highest BCUT2D eigenvalue weighted by atomic mass is 32.1.